The molecule has 0 fully saturated rings. The van der Waals surface area contributed by atoms with Crippen LogP contribution in [0.5, 0.6) is 0 Å². The molecule has 0 aliphatic heterocycles. The highest BCUT2D eigenvalue weighted by atomic mass is 16.5. The number of hydrogen-bond donors (Lipinski definition) is 1. The average Bonchev–Trinajstić information content (AvgIpc) is 2.79. The maximum atomic E-state index is 10.7. The third-order valence-electron chi connectivity index (χ3n) is 2.81. The normalized spacial score (nSPS) is 12.9. The molecule has 7 nitrogen and oxygen atoms in total. The van der Waals surface area contributed by atoms with Gasteiger partial charge in [-0.1, -0.05) is 12.1 Å². The first-order chi connectivity index (χ1) is 8.58. The van der Waals surface area contributed by atoms with Gasteiger partial charge in [0.15, 0.2) is 5.69 Å². The van der Waals surface area contributed by atoms with E-state index in [1.165, 1.54) is 6.20 Å². The molecule has 0 aromatic carbocycles. The molecule has 0 bridgehead atoms. The SMILES string of the molecule is CCN(CCn1cc(C(=O)O)nn1)C(C)COC. The Labute approximate surface area is 106 Å². The van der Waals surface area contributed by atoms with Crippen LogP contribution in [-0.4, -0.2) is 63.8 Å². The van der Waals surface area contributed by atoms with E-state index in [0.717, 1.165) is 13.1 Å². The monoisotopic (exact) mass is 256 g/mol. The van der Waals surface area contributed by atoms with E-state index in [-0.39, 0.29) is 5.69 Å². The van der Waals surface area contributed by atoms with E-state index in [2.05, 4.69) is 29.1 Å². The first-order valence-corrected chi connectivity index (χ1v) is 5.94. The summed E-state index contributed by atoms with van der Waals surface area (Å²) in [4.78, 5) is 12.9. The van der Waals surface area contributed by atoms with Gasteiger partial charge in [0.25, 0.3) is 0 Å². The zero-order valence-electron chi connectivity index (χ0n) is 11.0. The third-order valence-corrected chi connectivity index (χ3v) is 2.81. The lowest BCUT2D eigenvalue weighted by Crippen LogP contribution is -2.38. The number of ether oxygens (including phenoxy) is 1. The quantitative estimate of drug-likeness (QED) is 0.722. The van der Waals surface area contributed by atoms with Crippen molar-refractivity contribution < 1.29 is 14.6 Å². The van der Waals surface area contributed by atoms with Gasteiger partial charge >= 0.3 is 5.97 Å². The highest BCUT2D eigenvalue weighted by Crippen LogP contribution is 2.00. The highest BCUT2D eigenvalue weighted by molar-refractivity contribution is 5.84. The Morgan fingerprint density at radius 1 is 1.67 bits per heavy atom. The van der Waals surface area contributed by atoms with Crippen molar-refractivity contribution in [3.05, 3.63) is 11.9 Å². The number of aromatic nitrogens is 3. The predicted octanol–water partition coefficient (Wildman–Crippen LogP) is 0.333. The van der Waals surface area contributed by atoms with Crippen LogP contribution in [0.3, 0.4) is 0 Å². The van der Waals surface area contributed by atoms with Gasteiger partial charge < -0.3 is 9.84 Å². The minimum Gasteiger partial charge on any atom is -0.476 e. The van der Waals surface area contributed by atoms with Gasteiger partial charge in [0, 0.05) is 19.7 Å². The summed E-state index contributed by atoms with van der Waals surface area (Å²) in [7, 11) is 1.68. The van der Waals surface area contributed by atoms with E-state index in [4.69, 9.17) is 9.84 Å². The Bertz CT molecular complexity index is 380. The predicted molar refractivity (Wildman–Crippen MR) is 65.6 cm³/mol. The third kappa shape index (κ3) is 4.08. The molecule has 1 atom stereocenters. The molecule has 1 unspecified atom stereocenters. The molecule has 1 N–H and O–H groups in total. The lowest BCUT2D eigenvalue weighted by atomic mass is 10.3. The molecule has 7 heteroatoms. The largest absolute Gasteiger partial charge is 0.476 e. The second kappa shape index (κ2) is 7.07. The lowest BCUT2D eigenvalue weighted by Gasteiger charge is -2.26. The molecule has 0 radical (unpaired) electrons. The van der Waals surface area contributed by atoms with Crippen LogP contribution in [0.2, 0.25) is 0 Å². The van der Waals surface area contributed by atoms with Crippen molar-refractivity contribution in [3.8, 4) is 0 Å². The Kier molecular flexibility index (Phi) is 5.73. The van der Waals surface area contributed by atoms with Crippen molar-refractivity contribution in [2.45, 2.75) is 26.4 Å². The molecule has 1 heterocycles. The van der Waals surface area contributed by atoms with E-state index in [9.17, 15) is 4.79 Å². The molecular weight excluding hydrogens is 236 g/mol. The van der Waals surface area contributed by atoms with Crippen molar-refractivity contribution >= 4 is 5.97 Å². The van der Waals surface area contributed by atoms with Crippen LogP contribution in [0.1, 0.15) is 24.3 Å². The van der Waals surface area contributed by atoms with E-state index in [1.807, 2.05) is 0 Å². The zero-order valence-corrected chi connectivity index (χ0v) is 11.0. The highest BCUT2D eigenvalue weighted by Gasteiger charge is 2.13. The van der Waals surface area contributed by atoms with Crippen molar-refractivity contribution in [2.24, 2.45) is 0 Å². The Balaban J connectivity index is 2.48. The van der Waals surface area contributed by atoms with Crippen molar-refractivity contribution in [1.82, 2.24) is 19.9 Å². The van der Waals surface area contributed by atoms with Gasteiger partial charge in [0.1, 0.15) is 0 Å². The van der Waals surface area contributed by atoms with Gasteiger partial charge in [-0.05, 0) is 13.5 Å². The molecular formula is C11H20N4O3. The summed E-state index contributed by atoms with van der Waals surface area (Å²) in [6.07, 6.45) is 1.44. The molecule has 1 aromatic rings. The van der Waals surface area contributed by atoms with Gasteiger partial charge in [-0.2, -0.15) is 0 Å². The number of carboxylic acid groups (broad SMARTS) is 1. The summed E-state index contributed by atoms with van der Waals surface area (Å²) in [5.41, 5.74) is -0.0250. The van der Waals surface area contributed by atoms with Crippen LogP contribution in [0.4, 0.5) is 0 Å². The molecule has 0 aliphatic carbocycles. The number of hydrogen-bond acceptors (Lipinski definition) is 5. The smallest absolute Gasteiger partial charge is 0.358 e. The number of methoxy groups -OCH3 is 1. The number of carbonyl (C=O) groups is 1. The lowest BCUT2D eigenvalue weighted by molar-refractivity contribution is 0.0690. The Hall–Kier alpha value is -1.47. The molecule has 102 valence electrons. The van der Waals surface area contributed by atoms with Crippen molar-refractivity contribution in [1.29, 1.82) is 0 Å². The van der Waals surface area contributed by atoms with E-state index >= 15 is 0 Å². The molecule has 18 heavy (non-hydrogen) atoms. The fourth-order valence-corrected chi connectivity index (χ4v) is 1.77. The molecule has 0 spiro atoms. The fourth-order valence-electron chi connectivity index (χ4n) is 1.77. The Morgan fingerprint density at radius 2 is 2.39 bits per heavy atom. The standard InChI is InChI=1S/C11H20N4O3/c1-4-14(9(2)8-18-3)5-6-15-7-10(11(16)17)12-13-15/h7,9H,4-6,8H2,1-3H3,(H,16,17). The van der Waals surface area contributed by atoms with Crippen LogP contribution in [0.25, 0.3) is 0 Å². The number of rotatable bonds is 8. The number of nitrogens with zero attached hydrogens (tertiary/aromatic N) is 4. The van der Waals surface area contributed by atoms with Crippen LogP contribution < -0.4 is 0 Å². The zero-order chi connectivity index (χ0) is 13.5. The summed E-state index contributed by atoms with van der Waals surface area (Å²) in [6, 6.07) is 0.322. The van der Waals surface area contributed by atoms with E-state index in [1.54, 1.807) is 11.8 Å². The maximum absolute atomic E-state index is 10.7. The summed E-state index contributed by atoms with van der Waals surface area (Å²) in [6.45, 7) is 7.15. The van der Waals surface area contributed by atoms with Crippen molar-refractivity contribution in [2.75, 3.05) is 26.8 Å². The van der Waals surface area contributed by atoms with Gasteiger partial charge in [-0.15, -0.1) is 5.10 Å². The van der Waals surface area contributed by atoms with Crippen LogP contribution >= 0.6 is 0 Å². The van der Waals surface area contributed by atoms with Crippen LogP contribution in [0, 0.1) is 0 Å². The minimum atomic E-state index is -1.05. The second-order valence-electron chi connectivity index (χ2n) is 4.10. The average molecular weight is 256 g/mol. The molecule has 0 amide bonds. The molecule has 1 aromatic heterocycles. The first kappa shape index (κ1) is 14.6. The number of aromatic carboxylic acids is 1. The fraction of sp³-hybridized carbons (Fsp3) is 0.727. The van der Waals surface area contributed by atoms with Crippen molar-refractivity contribution in [3.63, 3.8) is 0 Å². The summed E-state index contributed by atoms with van der Waals surface area (Å²) >= 11 is 0. The molecule has 0 aliphatic rings. The summed E-state index contributed by atoms with van der Waals surface area (Å²) < 4.78 is 6.67. The minimum absolute atomic E-state index is 0.0250. The Morgan fingerprint density at radius 3 is 2.89 bits per heavy atom. The van der Waals surface area contributed by atoms with E-state index in [0.29, 0.717) is 19.2 Å². The molecule has 0 saturated carbocycles. The van der Waals surface area contributed by atoms with Gasteiger partial charge in [-0.3, -0.25) is 9.58 Å². The van der Waals surface area contributed by atoms with Gasteiger partial charge in [-0.25, -0.2) is 4.79 Å². The van der Waals surface area contributed by atoms with Gasteiger partial charge in [0.2, 0.25) is 0 Å². The maximum Gasteiger partial charge on any atom is 0.358 e. The first-order valence-electron chi connectivity index (χ1n) is 5.94. The number of carboxylic acids is 1. The summed E-state index contributed by atoms with van der Waals surface area (Å²) in [5, 5.41) is 16.1. The topological polar surface area (TPSA) is 80.5 Å². The van der Waals surface area contributed by atoms with Crippen LogP contribution in [0.15, 0.2) is 6.20 Å². The molecule has 1 rings (SSSR count). The van der Waals surface area contributed by atoms with E-state index < -0.39 is 5.97 Å². The second-order valence-corrected chi connectivity index (χ2v) is 4.10. The van der Waals surface area contributed by atoms with Crippen LogP contribution in [-0.2, 0) is 11.3 Å². The number of likely N-dealkylation sites (N-methyl/N-ethyl adjacent to an activating group) is 1. The molecule has 0 saturated heterocycles. The summed E-state index contributed by atoms with van der Waals surface area (Å²) in [5.74, 6) is -1.05. The van der Waals surface area contributed by atoms with Gasteiger partial charge in [0.05, 0.1) is 19.3 Å².